The molecule has 4 aromatic rings. The summed E-state index contributed by atoms with van der Waals surface area (Å²) in [5.74, 6) is 1.56. The predicted molar refractivity (Wildman–Crippen MR) is 152 cm³/mol. The second-order valence-corrected chi connectivity index (χ2v) is 10.8. The second kappa shape index (κ2) is 11.3. The summed E-state index contributed by atoms with van der Waals surface area (Å²) in [5.41, 5.74) is 1.88. The molecular weight excluding hydrogens is 633 g/mol. The fourth-order valence-corrected chi connectivity index (χ4v) is 4.92. The number of methoxy groups -OCH3 is 1. The van der Waals surface area contributed by atoms with Gasteiger partial charge in [0.15, 0.2) is 11.5 Å². The Labute approximate surface area is 235 Å². The maximum absolute atomic E-state index is 13.3. The minimum absolute atomic E-state index is 0.0142. The number of nitrogens with zero attached hydrogens (tertiary/aromatic N) is 3. The van der Waals surface area contributed by atoms with Crippen molar-refractivity contribution in [2.45, 2.75) is 26.4 Å². The lowest BCUT2D eigenvalue weighted by Gasteiger charge is -2.14. The van der Waals surface area contributed by atoms with Crippen molar-refractivity contribution in [2.75, 3.05) is 7.11 Å². The van der Waals surface area contributed by atoms with Crippen molar-refractivity contribution in [2.24, 2.45) is 5.10 Å². The van der Waals surface area contributed by atoms with Crippen LogP contribution in [0.15, 0.2) is 67.4 Å². The number of halogens is 4. The predicted octanol–water partition coefficient (Wildman–Crippen LogP) is 7.82. The first kappa shape index (κ1) is 26.7. The van der Waals surface area contributed by atoms with Gasteiger partial charge in [-0.3, -0.25) is 4.79 Å². The third kappa shape index (κ3) is 5.78. The molecule has 0 N–H and O–H groups in total. The molecule has 0 saturated carbocycles. The summed E-state index contributed by atoms with van der Waals surface area (Å²) < 4.78 is 14.4. The van der Waals surface area contributed by atoms with E-state index in [4.69, 9.17) is 32.7 Å². The van der Waals surface area contributed by atoms with Gasteiger partial charge in [-0.2, -0.15) is 9.78 Å². The highest BCUT2D eigenvalue weighted by atomic mass is 79.9. The molecule has 0 radical (unpaired) electrons. The van der Waals surface area contributed by atoms with Crippen LogP contribution >= 0.6 is 55.1 Å². The topological polar surface area (TPSA) is 65.7 Å². The maximum atomic E-state index is 13.3. The van der Waals surface area contributed by atoms with Crippen molar-refractivity contribution in [3.63, 3.8) is 0 Å². The van der Waals surface area contributed by atoms with E-state index >= 15 is 0 Å². The minimum atomic E-state index is -0.243. The van der Waals surface area contributed by atoms with E-state index in [0.717, 1.165) is 10.0 Å². The van der Waals surface area contributed by atoms with Crippen molar-refractivity contribution in [3.05, 3.63) is 94.8 Å². The van der Waals surface area contributed by atoms with Gasteiger partial charge in [-0.25, -0.2) is 4.98 Å². The number of hydrogen-bond acceptors (Lipinski definition) is 5. The van der Waals surface area contributed by atoms with Crippen LogP contribution in [0.2, 0.25) is 10.0 Å². The van der Waals surface area contributed by atoms with Gasteiger partial charge in [0.25, 0.3) is 5.56 Å². The molecule has 0 fully saturated rings. The third-order valence-electron chi connectivity index (χ3n) is 5.31. The van der Waals surface area contributed by atoms with Crippen molar-refractivity contribution in [3.8, 4) is 11.5 Å². The summed E-state index contributed by atoms with van der Waals surface area (Å²) in [4.78, 5) is 17.9. The van der Waals surface area contributed by atoms with Gasteiger partial charge in [-0.05, 0) is 64.0 Å². The van der Waals surface area contributed by atoms with E-state index < -0.39 is 0 Å². The fourth-order valence-electron chi connectivity index (χ4n) is 3.52. The summed E-state index contributed by atoms with van der Waals surface area (Å²) in [6.45, 7) is 4.16. The van der Waals surface area contributed by atoms with Gasteiger partial charge in [0.2, 0.25) is 0 Å². The Morgan fingerprint density at radius 3 is 2.58 bits per heavy atom. The van der Waals surface area contributed by atoms with Crippen molar-refractivity contribution in [1.29, 1.82) is 0 Å². The number of fused-ring (bicyclic) bond motifs is 1. The molecule has 1 aromatic heterocycles. The number of hydrogen-bond donors (Lipinski definition) is 0. The summed E-state index contributed by atoms with van der Waals surface area (Å²) in [6, 6.07) is 14.3. The molecule has 0 spiro atoms. The van der Waals surface area contributed by atoms with E-state index in [1.165, 1.54) is 4.68 Å². The highest BCUT2D eigenvalue weighted by molar-refractivity contribution is 9.10. The molecule has 0 aliphatic rings. The van der Waals surface area contributed by atoms with E-state index in [0.29, 0.717) is 48.3 Å². The van der Waals surface area contributed by atoms with Gasteiger partial charge in [-0.1, -0.05) is 59.0 Å². The lowest BCUT2D eigenvalue weighted by atomic mass is 10.2. The molecule has 0 saturated heterocycles. The smallest absolute Gasteiger partial charge is 0.282 e. The van der Waals surface area contributed by atoms with Crippen molar-refractivity contribution in [1.82, 2.24) is 9.66 Å². The Kier molecular flexibility index (Phi) is 8.40. The summed E-state index contributed by atoms with van der Waals surface area (Å²) in [7, 11) is 1.55. The first-order valence-corrected chi connectivity index (χ1v) is 13.2. The lowest BCUT2D eigenvalue weighted by Crippen LogP contribution is -2.23. The SMILES string of the molecule is COc1cc(C=Nn2c(C(C)C)nc3ccc(Br)cc3c2=O)cc(Br)c1OCc1ccc(Cl)cc1Cl. The maximum Gasteiger partial charge on any atom is 0.282 e. The van der Waals surface area contributed by atoms with Crippen LogP contribution in [0.3, 0.4) is 0 Å². The van der Waals surface area contributed by atoms with E-state index in [1.807, 2.05) is 38.1 Å². The molecule has 36 heavy (non-hydrogen) atoms. The molecule has 0 atom stereocenters. The van der Waals surface area contributed by atoms with Gasteiger partial charge in [0, 0.05) is 26.0 Å². The van der Waals surface area contributed by atoms with E-state index in [-0.39, 0.29) is 18.1 Å². The van der Waals surface area contributed by atoms with Gasteiger partial charge < -0.3 is 9.47 Å². The van der Waals surface area contributed by atoms with E-state index in [9.17, 15) is 4.79 Å². The Balaban J connectivity index is 1.68. The first-order chi connectivity index (χ1) is 17.2. The normalized spacial score (nSPS) is 11.6. The molecule has 0 unspecified atom stereocenters. The summed E-state index contributed by atoms with van der Waals surface area (Å²) in [5, 5.41) is 6.04. The second-order valence-electron chi connectivity index (χ2n) is 8.21. The Morgan fingerprint density at radius 1 is 1.11 bits per heavy atom. The zero-order valence-corrected chi connectivity index (χ0v) is 24.2. The molecule has 0 aliphatic carbocycles. The van der Waals surface area contributed by atoms with E-state index in [1.54, 1.807) is 37.6 Å². The van der Waals surface area contributed by atoms with Crippen LogP contribution in [0.4, 0.5) is 0 Å². The summed E-state index contributed by atoms with van der Waals surface area (Å²) >= 11 is 19.2. The highest BCUT2D eigenvalue weighted by Crippen LogP contribution is 2.37. The Hall–Kier alpha value is -2.39. The molecule has 186 valence electrons. The third-order valence-corrected chi connectivity index (χ3v) is 6.98. The van der Waals surface area contributed by atoms with Crippen LogP contribution in [0.1, 0.15) is 36.7 Å². The zero-order valence-electron chi connectivity index (χ0n) is 19.6. The Morgan fingerprint density at radius 2 is 1.89 bits per heavy atom. The van der Waals surface area contributed by atoms with Crippen LogP contribution in [0.25, 0.3) is 10.9 Å². The average Bonchev–Trinajstić information content (AvgIpc) is 2.83. The number of ether oxygens (including phenoxy) is 2. The van der Waals surface area contributed by atoms with Gasteiger partial charge in [-0.15, -0.1) is 0 Å². The summed E-state index contributed by atoms with van der Waals surface area (Å²) in [6.07, 6.45) is 1.59. The fraction of sp³-hybridized carbons (Fsp3) is 0.192. The largest absolute Gasteiger partial charge is 0.493 e. The molecule has 0 aliphatic heterocycles. The van der Waals surface area contributed by atoms with Crippen LogP contribution in [-0.2, 0) is 6.61 Å². The molecular formula is C26H21Br2Cl2N3O3. The Bertz CT molecular complexity index is 1540. The molecule has 10 heteroatoms. The molecule has 0 bridgehead atoms. The minimum Gasteiger partial charge on any atom is -0.493 e. The van der Waals surface area contributed by atoms with Crippen molar-refractivity contribution < 1.29 is 9.47 Å². The zero-order chi connectivity index (χ0) is 26.0. The number of benzene rings is 3. The standard InChI is InChI=1S/C26H21Br2Cl2N3O3/c1-14(2)25-32-22-7-5-17(27)10-19(22)26(34)33(25)31-12-15-8-20(28)24(23(9-15)35-3)36-13-16-4-6-18(29)11-21(16)30/h4-12,14H,13H2,1-3H3. The quantitative estimate of drug-likeness (QED) is 0.191. The van der Waals surface area contributed by atoms with Crippen LogP contribution in [-0.4, -0.2) is 23.0 Å². The lowest BCUT2D eigenvalue weighted by molar-refractivity contribution is 0.282. The molecule has 4 rings (SSSR count). The molecule has 1 heterocycles. The molecule has 0 amide bonds. The molecule has 3 aromatic carbocycles. The van der Waals surface area contributed by atoms with Gasteiger partial charge in [0.05, 0.1) is 28.7 Å². The first-order valence-electron chi connectivity index (χ1n) is 10.9. The van der Waals surface area contributed by atoms with E-state index in [2.05, 4.69) is 41.9 Å². The van der Waals surface area contributed by atoms with Crippen LogP contribution in [0.5, 0.6) is 11.5 Å². The van der Waals surface area contributed by atoms with Crippen LogP contribution < -0.4 is 15.0 Å². The monoisotopic (exact) mass is 651 g/mol. The van der Waals surface area contributed by atoms with Gasteiger partial charge >= 0.3 is 0 Å². The number of rotatable bonds is 7. The van der Waals surface area contributed by atoms with Gasteiger partial charge in [0.1, 0.15) is 12.4 Å². The number of aromatic nitrogens is 2. The average molecular weight is 654 g/mol. The highest BCUT2D eigenvalue weighted by Gasteiger charge is 2.15. The molecule has 6 nitrogen and oxygen atoms in total. The van der Waals surface area contributed by atoms with Crippen LogP contribution in [0, 0.1) is 0 Å². The van der Waals surface area contributed by atoms with Crippen molar-refractivity contribution >= 4 is 72.2 Å².